The van der Waals surface area contributed by atoms with Crippen LogP contribution in [0, 0.1) is 6.92 Å². The first-order valence-electron chi connectivity index (χ1n) is 10.3. The first-order chi connectivity index (χ1) is 13.9. The van der Waals surface area contributed by atoms with Gasteiger partial charge in [0, 0.05) is 38.9 Å². The Hall–Kier alpha value is -1.26. The van der Waals surface area contributed by atoms with E-state index in [0.29, 0.717) is 0 Å². The third kappa shape index (κ3) is 6.62. The van der Waals surface area contributed by atoms with Crippen molar-refractivity contribution in [3.63, 3.8) is 0 Å². The Morgan fingerprint density at radius 3 is 2.27 bits per heavy atom. The molecule has 0 unspecified atom stereocenters. The van der Waals surface area contributed by atoms with Gasteiger partial charge in [-0.15, -0.1) is 24.0 Å². The van der Waals surface area contributed by atoms with Crippen molar-refractivity contribution in [1.82, 2.24) is 15.1 Å². The van der Waals surface area contributed by atoms with Gasteiger partial charge in [0.1, 0.15) is 0 Å². The van der Waals surface area contributed by atoms with E-state index in [2.05, 4.69) is 50.1 Å². The van der Waals surface area contributed by atoms with Crippen LogP contribution in [0.15, 0.2) is 17.1 Å². The molecular weight excluding hydrogens is 495 g/mol. The SMILES string of the molecule is CCNC(=NCC1(N(C)C)CCOCC1)N(C)Cc1cc(OC)c(OC)cc1C.I. The summed E-state index contributed by atoms with van der Waals surface area (Å²) < 4.78 is 16.5. The number of methoxy groups -OCH3 is 2. The predicted molar refractivity (Wildman–Crippen MR) is 134 cm³/mol. The molecule has 172 valence electrons. The molecule has 1 aromatic rings. The van der Waals surface area contributed by atoms with Crippen molar-refractivity contribution >= 4 is 29.9 Å². The Kier molecular flexibility index (Phi) is 11.2. The molecule has 0 bridgehead atoms. The van der Waals surface area contributed by atoms with E-state index in [-0.39, 0.29) is 29.5 Å². The molecule has 1 aliphatic heterocycles. The fraction of sp³-hybridized carbons (Fsp3) is 0.682. The summed E-state index contributed by atoms with van der Waals surface area (Å²) in [4.78, 5) is 9.48. The molecule has 1 fully saturated rings. The maximum absolute atomic E-state index is 5.59. The lowest BCUT2D eigenvalue weighted by molar-refractivity contribution is -0.00263. The first-order valence-corrected chi connectivity index (χ1v) is 10.3. The van der Waals surface area contributed by atoms with Crippen molar-refractivity contribution in [1.29, 1.82) is 0 Å². The molecule has 7 nitrogen and oxygen atoms in total. The fourth-order valence-corrected chi connectivity index (χ4v) is 3.71. The van der Waals surface area contributed by atoms with E-state index >= 15 is 0 Å². The van der Waals surface area contributed by atoms with Crippen LogP contribution in [0.2, 0.25) is 0 Å². The molecule has 0 aliphatic carbocycles. The molecule has 8 heteroatoms. The number of nitrogens with zero attached hydrogens (tertiary/aromatic N) is 3. The van der Waals surface area contributed by atoms with E-state index in [1.165, 1.54) is 11.1 Å². The van der Waals surface area contributed by atoms with Crippen LogP contribution in [-0.2, 0) is 11.3 Å². The van der Waals surface area contributed by atoms with Gasteiger partial charge in [0.15, 0.2) is 17.5 Å². The van der Waals surface area contributed by atoms with E-state index in [1.807, 2.05) is 12.1 Å². The standard InChI is InChI=1S/C22H38N4O3.HI/c1-8-23-21(24-16-22(25(3)4)9-11-29-12-10-22)26(5)15-18-14-20(28-7)19(27-6)13-17(18)2;/h13-14H,8-12,15-16H2,1-7H3,(H,23,24);1H. The normalized spacial score (nSPS) is 16.1. The number of benzene rings is 1. The molecule has 1 heterocycles. The highest BCUT2D eigenvalue weighted by Gasteiger charge is 2.34. The molecule has 0 radical (unpaired) electrons. The van der Waals surface area contributed by atoms with Gasteiger partial charge in [0.25, 0.3) is 0 Å². The lowest BCUT2D eigenvalue weighted by atomic mass is 9.89. The lowest BCUT2D eigenvalue weighted by Crippen LogP contribution is -2.51. The number of rotatable bonds is 8. The van der Waals surface area contributed by atoms with Gasteiger partial charge >= 0.3 is 0 Å². The molecule has 0 saturated carbocycles. The lowest BCUT2D eigenvalue weighted by Gasteiger charge is -2.42. The highest BCUT2D eigenvalue weighted by molar-refractivity contribution is 14.0. The molecule has 1 saturated heterocycles. The summed E-state index contributed by atoms with van der Waals surface area (Å²) in [5.41, 5.74) is 2.41. The Morgan fingerprint density at radius 2 is 1.73 bits per heavy atom. The zero-order valence-electron chi connectivity index (χ0n) is 19.6. The molecular formula is C22H39IN4O3. The summed E-state index contributed by atoms with van der Waals surface area (Å²) in [6.07, 6.45) is 2.00. The van der Waals surface area contributed by atoms with Crippen LogP contribution in [0.5, 0.6) is 11.5 Å². The van der Waals surface area contributed by atoms with Crippen LogP contribution in [0.3, 0.4) is 0 Å². The number of ether oxygens (including phenoxy) is 3. The van der Waals surface area contributed by atoms with E-state index in [0.717, 1.165) is 63.1 Å². The summed E-state index contributed by atoms with van der Waals surface area (Å²) in [5, 5.41) is 3.44. The monoisotopic (exact) mass is 534 g/mol. The van der Waals surface area contributed by atoms with Crippen LogP contribution in [0.4, 0.5) is 0 Å². The van der Waals surface area contributed by atoms with Gasteiger partial charge in [-0.1, -0.05) is 0 Å². The van der Waals surface area contributed by atoms with Gasteiger partial charge in [-0.25, -0.2) is 0 Å². The molecule has 1 N–H and O–H groups in total. The Balaban J connectivity index is 0.00000450. The van der Waals surface area contributed by atoms with Crippen LogP contribution < -0.4 is 14.8 Å². The second kappa shape index (κ2) is 12.6. The minimum Gasteiger partial charge on any atom is -0.493 e. The predicted octanol–water partition coefficient (Wildman–Crippen LogP) is 3.14. The highest BCUT2D eigenvalue weighted by Crippen LogP contribution is 2.31. The average Bonchev–Trinajstić information content (AvgIpc) is 2.72. The Morgan fingerprint density at radius 1 is 1.13 bits per heavy atom. The van der Waals surface area contributed by atoms with Crippen molar-refractivity contribution in [2.45, 2.75) is 38.8 Å². The maximum atomic E-state index is 5.59. The number of hydrogen-bond acceptors (Lipinski definition) is 5. The van der Waals surface area contributed by atoms with Gasteiger partial charge in [-0.3, -0.25) is 4.99 Å². The molecule has 0 aromatic heterocycles. The number of hydrogen-bond donors (Lipinski definition) is 1. The second-order valence-electron chi connectivity index (χ2n) is 7.89. The number of guanidine groups is 1. The Labute approximate surface area is 199 Å². The van der Waals surface area contributed by atoms with Crippen molar-refractivity contribution < 1.29 is 14.2 Å². The fourth-order valence-electron chi connectivity index (χ4n) is 3.71. The van der Waals surface area contributed by atoms with Crippen LogP contribution in [0.25, 0.3) is 0 Å². The molecule has 0 atom stereocenters. The van der Waals surface area contributed by atoms with E-state index in [1.54, 1.807) is 14.2 Å². The van der Waals surface area contributed by atoms with Crippen molar-refractivity contribution in [3.05, 3.63) is 23.3 Å². The largest absolute Gasteiger partial charge is 0.493 e. The van der Waals surface area contributed by atoms with E-state index < -0.39 is 0 Å². The number of nitrogens with one attached hydrogen (secondary N) is 1. The molecule has 0 amide bonds. The van der Waals surface area contributed by atoms with Gasteiger partial charge in [0.05, 0.1) is 20.8 Å². The molecule has 0 spiro atoms. The van der Waals surface area contributed by atoms with Gasteiger partial charge < -0.3 is 29.3 Å². The summed E-state index contributed by atoms with van der Waals surface area (Å²) in [6, 6.07) is 4.07. The summed E-state index contributed by atoms with van der Waals surface area (Å²) in [6.45, 7) is 8.10. The maximum Gasteiger partial charge on any atom is 0.194 e. The van der Waals surface area contributed by atoms with Crippen LogP contribution >= 0.6 is 24.0 Å². The smallest absolute Gasteiger partial charge is 0.194 e. The van der Waals surface area contributed by atoms with Crippen molar-refractivity contribution in [3.8, 4) is 11.5 Å². The average molecular weight is 534 g/mol. The summed E-state index contributed by atoms with van der Waals surface area (Å²) in [5.74, 6) is 2.41. The molecule has 30 heavy (non-hydrogen) atoms. The molecule has 1 aromatic carbocycles. The Bertz CT molecular complexity index is 691. The molecule has 2 rings (SSSR count). The van der Waals surface area contributed by atoms with Crippen molar-refractivity contribution in [2.24, 2.45) is 4.99 Å². The van der Waals surface area contributed by atoms with E-state index in [4.69, 9.17) is 19.2 Å². The van der Waals surface area contributed by atoms with E-state index in [9.17, 15) is 0 Å². The van der Waals surface area contributed by atoms with Gasteiger partial charge in [-0.2, -0.15) is 0 Å². The summed E-state index contributed by atoms with van der Waals surface area (Å²) in [7, 11) is 9.69. The number of halogens is 1. The van der Waals surface area contributed by atoms with Crippen molar-refractivity contribution in [2.75, 3.05) is 61.7 Å². The topological polar surface area (TPSA) is 58.6 Å². The summed E-state index contributed by atoms with van der Waals surface area (Å²) >= 11 is 0. The zero-order valence-corrected chi connectivity index (χ0v) is 21.9. The molecule has 1 aliphatic rings. The van der Waals surface area contributed by atoms with Gasteiger partial charge in [0.2, 0.25) is 0 Å². The highest BCUT2D eigenvalue weighted by atomic mass is 127. The third-order valence-electron chi connectivity index (χ3n) is 5.84. The first kappa shape index (κ1) is 26.8. The third-order valence-corrected chi connectivity index (χ3v) is 5.84. The number of aryl methyl sites for hydroxylation is 1. The van der Waals surface area contributed by atoms with Gasteiger partial charge in [-0.05, 0) is 64.0 Å². The second-order valence-corrected chi connectivity index (χ2v) is 7.89. The number of likely N-dealkylation sites (N-methyl/N-ethyl adjacent to an activating group) is 1. The zero-order chi connectivity index (χ0) is 21.4. The quantitative estimate of drug-likeness (QED) is 0.314. The minimum atomic E-state index is 0. The van der Waals surface area contributed by atoms with Crippen LogP contribution in [0.1, 0.15) is 30.9 Å². The van der Waals surface area contributed by atoms with Crippen LogP contribution in [-0.4, -0.2) is 83.0 Å². The number of aliphatic imine (C=N–C) groups is 1. The minimum absolute atomic E-state index is 0.